The van der Waals surface area contributed by atoms with Crippen molar-refractivity contribution in [3.63, 3.8) is 0 Å². The molecule has 0 bridgehead atoms. The highest BCUT2D eigenvalue weighted by atomic mass is 16.5. The average molecular weight is 284 g/mol. The first-order chi connectivity index (χ1) is 9.52. The SMILES string of the molecule is CO[C@@H]1CC(=O)[C@@H]2CCCC[C@H](C)OC(=O)C[C@H]2[C@H]1O. The molecule has 1 aliphatic carbocycles. The molecule has 0 aromatic carbocycles. The van der Waals surface area contributed by atoms with Gasteiger partial charge in [-0.3, -0.25) is 9.59 Å². The van der Waals surface area contributed by atoms with E-state index in [1.54, 1.807) is 0 Å². The van der Waals surface area contributed by atoms with Gasteiger partial charge in [0.2, 0.25) is 0 Å². The average Bonchev–Trinajstić information content (AvgIpc) is 2.40. The van der Waals surface area contributed by atoms with Gasteiger partial charge in [0.25, 0.3) is 0 Å². The third-order valence-corrected chi connectivity index (χ3v) is 4.57. The molecule has 2 rings (SSSR count). The Bertz CT molecular complexity index is 367. The second-order valence-corrected chi connectivity index (χ2v) is 5.99. The molecule has 1 heterocycles. The number of rotatable bonds is 1. The lowest BCUT2D eigenvalue weighted by Gasteiger charge is -2.39. The number of hydrogen-bond acceptors (Lipinski definition) is 5. The number of ether oxygens (including phenoxy) is 2. The van der Waals surface area contributed by atoms with Gasteiger partial charge in [0, 0.05) is 25.4 Å². The summed E-state index contributed by atoms with van der Waals surface area (Å²) in [4.78, 5) is 24.2. The highest BCUT2D eigenvalue weighted by molar-refractivity contribution is 5.84. The highest BCUT2D eigenvalue weighted by Gasteiger charge is 2.44. The first-order valence-electron chi connectivity index (χ1n) is 7.46. The topological polar surface area (TPSA) is 72.8 Å². The molecule has 1 saturated carbocycles. The van der Waals surface area contributed by atoms with E-state index in [1.165, 1.54) is 7.11 Å². The Morgan fingerprint density at radius 3 is 2.60 bits per heavy atom. The van der Waals surface area contributed by atoms with E-state index in [0.717, 1.165) is 25.7 Å². The van der Waals surface area contributed by atoms with Crippen LogP contribution in [0.5, 0.6) is 0 Å². The number of Topliss-reactive ketones (excluding diaryl/α,β-unsaturated/α-hetero) is 1. The fourth-order valence-corrected chi connectivity index (χ4v) is 3.40. The minimum Gasteiger partial charge on any atom is -0.463 e. The van der Waals surface area contributed by atoms with Crippen molar-refractivity contribution in [1.82, 2.24) is 0 Å². The molecular formula is C15H24O5. The molecule has 0 spiro atoms. The Morgan fingerprint density at radius 1 is 1.20 bits per heavy atom. The van der Waals surface area contributed by atoms with Crippen molar-refractivity contribution in [3.8, 4) is 0 Å². The van der Waals surface area contributed by atoms with Crippen molar-refractivity contribution in [2.75, 3.05) is 7.11 Å². The molecule has 1 aliphatic heterocycles. The molecule has 20 heavy (non-hydrogen) atoms. The van der Waals surface area contributed by atoms with Crippen molar-refractivity contribution in [2.24, 2.45) is 11.8 Å². The second-order valence-electron chi connectivity index (χ2n) is 5.99. The molecule has 0 aromatic heterocycles. The molecule has 2 aliphatic rings. The molecule has 0 aromatic rings. The second kappa shape index (κ2) is 6.68. The first kappa shape index (κ1) is 15.4. The van der Waals surface area contributed by atoms with Gasteiger partial charge >= 0.3 is 5.97 Å². The standard InChI is InChI=1S/C15H24O5/c1-9-5-3-4-6-10-11(7-14(17)20-9)15(18)13(19-2)8-12(10)16/h9-11,13,15,18H,3-8H2,1-2H3/t9-,10+,11+,13+,15+/m0/s1. The summed E-state index contributed by atoms with van der Waals surface area (Å²) in [6, 6.07) is 0. The van der Waals surface area contributed by atoms with E-state index < -0.39 is 12.2 Å². The lowest BCUT2D eigenvalue weighted by molar-refractivity contribution is -0.159. The molecule has 5 nitrogen and oxygen atoms in total. The van der Waals surface area contributed by atoms with Crippen molar-refractivity contribution in [3.05, 3.63) is 0 Å². The van der Waals surface area contributed by atoms with E-state index in [1.807, 2.05) is 6.92 Å². The zero-order valence-electron chi connectivity index (χ0n) is 12.2. The van der Waals surface area contributed by atoms with Gasteiger partial charge in [-0.2, -0.15) is 0 Å². The van der Waals surface area contributed by atoms with Crippen LogP contribution >= 0.6 is 0 Å². The number of carbonyl (C=O) groups is 2. The van der Waals surface area contributed by atoms with Gasteiger partial charge < -0.3 is 14.6 Å². The summed E-state index contributed by atoms with van der Waals surface area (Å²) in [6.07, 6.45) is 2.42. The number of methoxy groups -OCH3 is 1. The summed E-state index contributed by atoms with van der Waals surface area (Å²) in [7, 11) is 1.49. The Balaban J connectivity index is 2.16. The van der Waals surface area contributed by atoms with Crippen LogP contribution in [-0.2, 0) is 19.1 Å². The summed E-state index contributed by atoms with van der Waals surface area (Å²) < 4.78 is 10.5. The molecule has 0 amide bonds. The van der Waals surface area contributed by atoms with E-state index in [9.17, 15) is 14.7 Å². The molecule has 0 unspecified atom stereocenters. The molecule has 5 heteroatoms. The zero-order valence-corrected chi connectivity index (χ0v) is 12.2. The number of cyclic esters (lactones) is 1. The first-order valence-corrected chi connectivity index (χ1v) is 7.46. The number of fused-ring (bicyclic) bond motifs is 1. The van der Waals surface area contributed by atoms with Crippen molar-refractivity contribution in [2.45, 2.75) is 63.8 Å². The molecular weight excluding hydrogens is 260 g/mol. The molecule has 0 radical (unpaired) electrons. The Kier molecular flexibility index (Phi) is 5.16. The predicted molar refractivity (Wildman–Crippen MR) is 72.0 cm³/mol. The van der Waals surface area contributed by atoms with Gasteiger partial charge in [-0.15, -0.1) is 0 Å². The number of aliphatic hydroxyl groups is 1. The zero-order chi connectivity index (χ0) is 14.7. The summed E-state index contributed by atoms with van der Waals surface area (Å²) in [6.45, 7) is 1.89. The van der Waals surface area contributed by atoms with Crippen LogP contribution in [0, 0.1) is 11.8 Å². The van der Waals surface area contributed by atoms with Gasteiger partial charge in [0.05, 0.1) is 24.7 Å². The summed E-state index contributed by atoms with van der Waals surface area (Å²) in [5, 5.41) is 10.4. The Morgan fingerprint density at radius 2 is 1.90 bits per heavy atom. The molecule has 114 valence electrons. The maximum atomic E-state index is 12.2. The van der Waals surface area contributed by atoms with Gasteiger partial charge in [-0.05, 0) is 26.2 Å². The summed E-state index contributed by atoms with van der Waals surface area (Å²) in [5.41, 5.74) is 0. The normalized spacial score (nSPS) is 39.9. The van der Waals surface area contributed by atoms with E-state index in [2.05, 4.69) is 0 Å². The van der Waals surface area contributed by atoms with Crippen molar-refractivity contribution >= 4 is 11.8 Å². The summed E-state index contributed by atoms with van der Waals surface area (Å²) >= 11 is 0. The van der Waals surface area contributed by atoms with Crippen LogP contribution in [0.4, 0.5) is 0 Å². The third kappa shape index (κ3) is 3.38. The molecule has 5 atom stereocenters. The van der Waals surface area contributed by atoms with Gasteiger partial charge in [0.1, 0.15) is 5.78 Å². The molecule has 2 fully saturated rings. The lowest BCUT2D eigenvalue weighted by Crippen LogP contribution is -2.49. The van der Waals surface area contributed by atoms with Gasteiger partial charge in [-0.25, -0.2) is 0 Å². The van der Waals surface area contributed by atoms with Crippen LogP contribution in [0.1, 0.15) is 45.4 Å². The van der Waals surface area contributed by atoms with E-state index >= 15 is 0 Å². The quantitative estimate of drug-likeness (QED) is 0.738. The van der Waals surface area contributed by atoms with E-state index in [4.69, 9.17) is 9.47 Å². The number of carbonyl (C=O) groups excluding carboxylic acids is 2. The minimum atomic E-state index is -0.773. The highest BCUT2D eigenvalue weighted by Crippen LogP contribution is 2.36. The monoisotopic (exact) mass is 284 g/mol. The largest absolute Gasteiger partial charge is 0.463 e. The number of esters is 1. The van der Waals surface area contributed by atoms with Crippen molar-refractivity contribution < 1.29 is 24.2 Å². The van der Waals surface area contributed by atoms with Crippen molar-refractivity contribution in [1.29, 1.82) is 0 Å². The lowest BCUT2D eigenvalue weighted by atomic mass is 9.71. The van der Waals surface area contributed by atoms with Crippen LogP contribution in [0.15, 0.2) is 0 Å². The Labute approximate surface area is 119 Å². The fourth-order valence-electron chi connectivity index (χ4n) is 3.40. The minimum absolute atomic E-state index is 0.0892. The maximum absolute atomic E-state index is 12.2. The smallest absolute Gasteiger partial charge is 0.306 e. The van der Waals surface area contributed by atoms with Crippen LogP contribution in [0.2, 0.25) is 0 Å². The number of hydrogen-bond donors (Lipinski definition) is 1. The van der Waals surface area contributed by atoms with E-state index in [-0.39, 0.29) is 42.5 Å². The number of aliphatic hydroxyl groups excluding tert-OH is 1. The van der Waals surface area contributed by atoms with Crippen LogP contribution in [0.3, 0.4) is 0 Å². The van der Waals surface area contributed by atoms with Crippen LogP contribution in [-0.4, -0.2) is 42.3 Å². The maximum Gasteiger partial charge on any atom is 0.306 e. The molecule has 1 N–H and O–H groups in total. The Hall–Kier alpha value is -0.940. The predicted octanol–water partition coefficient (Wildman–Crippen LogP) is 1.46. The van der Waals surface area contributed by atoms with Gasteiger partial charge in [-0.1, -0.05) is 6.42 Å². The van der Waals surface area contributed by atoms with E-state index in [0.29, 0.717) is 0 Å². The summed E-state index contributed by atoms with van der Waals surface area (Å²) in [5.74, 6) is -0.831. The third-order valence-electron chi connectivity index (χ3n) is 4.57. The van der Waals surface area contributed by atoms with Gasteiger partial charge in [0.15, 0.2) is 0 Å². The number of ketones is 1. The van der Waals surface area contributed by atoms with Crippen LogP contribution in [0.25, 0.3) is 0 Å². The fraction of sp³-hybridized carbons (Fsp3) is 0.867. The van der Waals surface area contributed by atoms with Crippen LogP contribution < -0.4 is 0 Å². The molecule has 1 saturated heterocycles.